The Morgan fingerprint density at radius 3 is 2.92 bits per heavy atom. The first-order chi connectivity index (χ1) is 6.38. The molecule has 13 heavy (non-hydrogen) atoms. The van der Waals surface area contributed by atoms with E-state index in [-0.39, 0.29) is 5.82 Å². The summed E-state index contributed by atoms with van der Waals surface area (Å²) in [4.78, 5) is 4.06. The van der Waals surface area contributed by atoms with Gasteiger partial charge in [0.1, 0.15) is 11.5 Å². The van der Waals surface area contributed by atoms with Gasteiger partial charge in [-0.1, -0.05) is 6.08 Å². The van der Waals surface area contributed by atoms with Crippen LogP contribution in [0.15, 0.2) is 24.4 Å². The molecule has 0 radical (unpaired) electrons. The fourth-order valence-electron chi connectivity index (χ4n) is 1.68. The van der Waals surface area contributed by atoms with Gasteiger partial charge < -0.3 is 0 Å². The van der Waals surface area contributed by atoms with Crippen LogP contribution in [0.1, 0.15) is 31.4 Å². The lowest BCUT2D eigenvalue weighted by atomic mass is 9.97. The van der Waals surface area contributed by atoms with Gasteiger partial charge in [-0.3, -0.25) is 4.98 Å². The predicted molar refractivity (Wildman–Crippen MR) is 50.6 cm³/mol. The topological polar surface area (TPSA) is 12.9 Å². The highest BCUT2D eigenvalue weighted by atomic mass is 19.1. The first-order valence-electron chi connectivity index (χ1n) is 4.68. The van der Waals surface area contributed by atoms with Crippen LogP contribution in [-0.2, 0) is 0 Å². The minimum atomic E-state index is -0.198. The number of pyridine rings is 1. The maximum atomic E-state index is 13.3. The van der Waals surface area contributed by atoms with Crippen molar-refractivity contribution >= 4 is 5.57 Å². The lowest BCUT2D eigenvalue weighted by Gasteiger charge is -2.11. The summed E-state index contributed by atoms with van der Waals surface area (Å²) >= 11 is 0. The predicted octanol–water partition coefficient (Wildman–Crippen LogP) is 3.18. The van der Waals surface area contributed by atoms with E-state index in [1.54, 1.807) is 12.3 Å². The van der Waals surface area contributed by atoms with Crippen LogP contribution in [0, 0.1) is 5.82 Å². The molecule has 2 rings (SSSR count). The van der Waals surface area contributed by atoms with E-state index in [1.807, 2.05) is 0 Å². The molecule has 0 amide bonds. The number of halogens is 1. The Morgan fingerprint density at radius 2 is 2.23 bits per heavy atom. The van der Waals surface area contributed by atoms with Gasteiger partial charge in [0.2, 0.25) is 0 Å². The number of hydrogen-bond donors (Lipinski definition) is 0. The smallest absolute Gasteiger partial charge is 0.149 e. The summed E-state index contributed by atoms with van der Waals surface area (Å²) in [6.45, 7) is 0. The van der Waals surface area contributed by atoms with Crippen molar-refractivity contribution in [1.29, 1.82) is 0 Å². The molecule has 1 nitrogen and oxygen atoms in total. The molecule has 0 bridgehead atoms. The van der Waals surface area contributed by atoms with E-state index in [4.69, 9.17) is 0 Å². The third-order valence-electron chi connectivity index (χ3n) is 2.35. The molecule has 2 heteroatoms. The molecule has 0 saturated carbocycles. The normalized spacial score (nSPS) is 16.8. The first kappa shape index (κ1) is 8.42. The molecule has 1 aliphatic carbocycles. The minimum absolute atomic E-state index is 0.198. The Morgan fingerprint density at radius 1 is 1.31 bits per heavy atom. The summed E-state index contributed by atoms with van der Waals surface area (Å²) in [6.07, 6.45) is 8.15. The lowest BCUT2D eigenvalue weighted by Crippen LogP contribution is -1.97. The number of rotatable bonds is 1. The van der Waals surface area contributed by atoms with Crippen LogP contribution in [0.25, 0.3) is 5.57 Å². The summed E-state index contributed by atoms with van der Waals surface area (Å²) in [5.41, 5.74) is 1.62. The molecule has 0 unspecified atom stereocenters. The van der Waals surface area contributed by atoms with Crippen LogP contribution in [0.5, 0.6) is 0 Å². The molecule has 1 aliphatic rings. The van der Waals surface area contributed by atoms with Crippen LogP contribution >= 0.6 is 0 Å². The Labute approximate surface area is 77.3 Å². The molecule has 1 aromatic heterocycles. The molecule has 0 spiro atoms. The number of aromatic nitrogens is 1. The van der Waals surface area contributed by atoms with Crippen molar-refractivity contribution in [2.24, 2.45) is 0 Å². The van der Waals surface area contributed by atoms with Crippen molar-refractivity contribution in [3.05, 3.63) is 35.9 Å². The summed E-state index contributed by atoms with van der Waals surface area (Å²) in [5, 5.41) is 0. The van der Waals surface area contributed by atoms with Crippen LogP contribution in [0.2, 0.25) is 0 Å². The average molecular weight is 177 g/mol. The number of nitrogens with zero attached hydrogens (tertiary/aromatic N) is 1. The molecule has 0 fully saturated rings. The Kier molecular flexibility index (Phi) is 2.39. The second kappa shape index (κ2) is 3.69. The molecule has 0 N–H and O–H groups in total. The van der Waals surface area contributed by atoms with Gasteiger partial charge in [0, 0.05) is 6.20 Å². The second-order valence-electron chi connectivity index (χ2n) is 3.31. The molecule has 0 saturated heterocycles. The zero-order chi connectivity index (χ0) is 9.10. The van der Waals surface area contributed by atoms with E-state index in [9.17, 15) is 4.39 Å². The van der Waals surface area contributed by atoms with Gasteiger partial charge in [-0.15, -0.1) is 0 Å². The molecule has 0 atom stereocenters. The second-order valence-corrected chi connectivity index (χ2v) is 3.31. The zero-order valence-electron chi connectivity index (χ0n) is 7.46. The lowest BCUT2D eigenvalue weighted by molar-refractivity contribution is 0.612. The van der Waals surface area contributed by atoms with Crippen LogP contribution in [-0.4, -0.2) is 4.98 Å². The summed E-state index contributed by atoms with van der Waals surface area (Å²) in [7, 11) is 0. The van der Waals surface area contributed by atoms with Crippen molar-refractivity contribution < 1.29 is 4.39 Å². The summed E-state index contributed by atoms with van der Waals surface area (Å²) in [6, 6.07) is 3.10. The Hall–Kier alpha value is -1.18. The number of allylic oxidation sites excluding steroid dienone is 2. The van der Waals surface area contributed by atoms with E-state index in [0.29, 0.717) is 5.69 Å². The maximum absolute atomic E-state index is 13.3. The highest BCUT2D eigenvalue weighted by Gasteiger charge is 2.10. The van der Waals surface area contributed by atoms with Crippen LogP contribution in [0.4, 0.5) is 4.39 Å². The third-order valence-corrected chi connectivity index (χ3v) is 2.35. The molecule has 1 heterocycles. The first-order valence-corrected chi connectivity index (χ1v) is 4.68. The van der Waals surface area contributed by atoms with Crippen molar-refractivity contribution in [2.45, 2.75) is 25.7 Å². The molecule has 1 aromatic rings. The van der Waals surface area contributed by atoms with Crippen molar-refractivity contribution in [1.82, 2.24) is 4.98 Å². The van der Waals surface area contributed by atoms with Crippen molar-refractivity contribution in [3.8, 4) is 0 Å². The van der Waals surface area contributed by atoms with Gasteiger partial charge in [0.05, 0.1) is 0 Å². The quantitative estimate of drug-likeness (QED) is 0.642. The van der Waals surface area contributed by atoms with Gasteiger partial charge >= 0.3 is 0 Å². The van der Waals surface area contributed by atoms with Gasteiger partial charge in [-0.25, -0.2) is 4.39 Å². The Bertz CT molecular complexity index is 331. The fourth-order valence-corrected chi connectivity index (χ4v) is 1.68. The monoisotopic (exact) mass is 177 g/mol. The van der Waals surface area contributed by atoms with Gasteiger partial charge in [-0.05, 0) is 43.4 Å². The van der Waals surface area contributed by atoms with E-state index in [2.05, 4.69) is 11.1 Å². The van der Waals surface area contributed by atoms with Gasteiger partial charge in [-0.2, -0.15) is 0 Å². The molecule has 68 valence electrons. The van der Waals surface area contributed by atoms with E-state index < -0.39 is 0 Å². The zero-order valence-corrected chi connectivity index (χ0v) is 7.46. The molecular weight excluding hydrogens is 165 g/mol. The minimum Gasteiger partial charge on any atom is -0.254 e. The van der Waals surface area contributed by atoms with E-state index in [1.165, 1.54) is 12.5 Å². The van der Waals surface area contributed by atoms with Crippen molar-refractivity contribution in [3.63, 3.8) is 0 Å². The van der Waals surface area contributed by atoms with Crippen molar-refractivity contribution in [2.75, 3.05) is 0 Å². The van der Waals surface area contributed by atoms with E-state index >= 15 is 0 Å². The summed E-state index contributed by atoms with van der Waals surface area (Å²) < 4.78 is 13.3. The SMILES string of the molecule is Fc1cccnc1C1=CCCCC1. The van der Waals surface area contributed by atoms with Gasteiger partial charge in [0.15, 0.2) is 0 Å². The van der Waals surface area contributed by atoms with Gasteiger partial charge in [0.25, 0.3) is 0 Å². The Balaban J connectivity index is 2.34. The fraction of sp³-hybridized carbons (Fsp3) is 0.364. The van der Waals surface area contributed by atoms with Crippen LogP contribution < -0.4 is 0 Å². The summed E-state index contributed by atoms with van der Waals surface area (Å²) in [5.74, 6) is -0.198. The van der Waals surface area contributed by atoms with Crippen LogP contribution in [0.3, 0.4) is 0 Å². The third kappa shape index (κ3) is 1.77. The standard InChI is InChI=1S/C11H12FN/c12-10-7-4-8-13-11(10)9-5-2-1-3-6-9/h4-5,7-8H,1-3,6H2. The highest BCUT2D eigenvalue weighted by molar-refractivity contribution is 5.63. The highest BCUT2D eigenvalue weighted by Crippen LogP contribution is 2.26. The van der Waals surface area contributed by atoms with E-state index in [0.717, 1.165) is 24.8 Å². The molecule has 0 aliphatic heterocycles. The molecule has 0 aromatic carbocycles. The molecular formula is C11H12FN. The maximum Gasteiger partial charge on any atom is 0.149 e. The average Bonchev–Trinajstić information content (AvgIpc) is 2.20. The largest absolute Gasteiger partial charge is 0.254 e. The number of hydrogen-bond acceptors (Lipinski definition) is 1.